The molecule has 1 aliphatic heterocycles. The third kappa shape index (κ3) is 6.81. The largest absolute Gasteiger partial charge is 0.368 e. The van der Waals surface area contributed by atoms with Crippen LogP contribution in [0.3, 0.4) is 0 Å². The Hall–Kier alpha value is -3.10. The van der Waals surface area contributed by atoms with E-state index in [4.69, 9.17) is 11.6 Å². The van der Waals surface area contributed by atoms with Gasteiger partial charge in [0, 0.05) is 54.0 Å². The first kappa shape index (κ1) is 26.9. The highest BCUT2D eigenvalue weighted by atomic mass is 35.5. The summed E-state index contributed by atoms with van der Waals surface area (Å²) in [6.07, 6.45) is 0. The summed E-state index contributed by atoms with van der Waals surface area (Å²) >= 11 is 7.54. The predicted molar refractivity (Wildman–Crippen MR) is 152 cm³/mol. The zero-order valence-corrected chi connectivity index (χ0v) is 23.4. The van der Waals surface area contributed by atoms with Crippen molar-refractivity contribution in [3.8, 4) is 0 Å². The first-order chi connectivity index (χ1) is 17.7. The number of piperazine rings is 1. The summed E-state index contributed by atoms with van der Waals surface area (Å²) in [5.41, 5.74) is 3.49. The van der Waals surface area contributed by atoms with Crippen LogP contribution in [0.4, 0.5) is 16.2 Å². The highest BCUT2D eigenvalue weighted by Gasteiger charge is 2.25. The number of benzene rings is 2. The molecular weight excluding hydrogens is 506 g/mol. The number of aromatic nitrogens is 1. The standard InChI is InChI=1S/C28H34ClN5O2S/c1-19(2)21-8-10-23(11-9-21)30-28(36)34(20(3)4)17-26-31-25(18-37-26)27(35)33-14-12-32(13-15-33)24-7-5-6-22(29)16-24/h5-11,16,18-20H,12-15,17H2,1-4H3,(H,30,36). The van der Waals surface area contributed by atoms with Crippen LogP contribution in [0.2, 0.25) is 5.02 Å². The average Bonchev–Trinajstić information content (AvgIpc) is 3.36. The van der Waals surface area contributed by atoms with Crippen LogP contribution in [0.25, 0.3) is 0 Å². The van der Waals surface area contributed by atoms with Gasteiger partial charge >= 0.3 is 6.03 Å². The van der Waals surface area contributed by atoms with Crippen molar-refractivity contribution in [3.63, 3.8) is 0 Å². The highest BCUT2D eigenvalue weighted by molar-refractivity contribution is 7.09. The molecule has 1 saturated heterocycles. The van der Waals surface area contributed by atoms with Crippen molar-refractivity contribution in [1.29, 1.82) is 0 Å². The fourth-order valence-electron chi connectivity index (χ4n) is 4.27. The molecule has 2 heterocycles. The molecule has 0 unspecified atom stereocenters. The number of nitrogens with zero attached hydrogens (tertiary/aromatic N) is 4. The van der Waals surface area contributed by atoms with Crippen molar-refractivity contribution in [2.45, 2.75) is 46.2 Å². The zero-order chi connectivity index (χ0) is 26.5. The van der Waals surface area contributed by atoms with Crippen molar-refractivity contribution in [2.24, 2.45) is 0 Å². The lowest BCUT2D eigenvalue weighted by atomic mass is 10.0. The van der Waals surface area contributed by atoms with Crippen LogP contribution in [0, 0.1) is 0 Å². The van der Waals surface area contributed by atoms with Crippen LogP contribution >= 0.6 is 22.9 Å². The summed E-state index contributed by atoms with van der Waals surface area (Å²) in [5, 5.41) is 6.23. The average molecular weight is 540 g/mol. The SMILES string of the molecule is CC(C)c1ccc(NC(=O)N(Cc2nc(C(=O)N3CCN(c4cccc(Cl)c4)CC3)cs2)C(C)C)cc1. The molecule has 0 aliphatic carbocycles. The molecule has 7 nitrogen and oxygen atoms in total. The summed E-state index contributed by atoms with van der Waals surface area (Å²) in [6, 6.07) is 15.5. The van der Waals surface area contributed by atoms with E-state index in [-0.39, 0.29) is 18.0 Å². The Bertz CT molecular complexity index is 1220. The Kier molecular flexibility index (Phi) is 8.71. The van der Waals surface area contributed by atoms with E-state index in [0.717, 1.165) is 29.5 Å². The van der Waals surface area contributed by atoms with E-state index >= 15 is 0 Å². The number of thiazole rings is 1. The van der Waals surface area contributed by atoms with Crippen LogP contribution in [0.1, 0.15) is 54.7 Å². The lowest BCUT2D eigenvalue weighted by Gasteiger charge is -2.35. The van der Waals surface area contributed by atoms with Gasteiger partial charge in [0.15, 0.2) is 0 Å². The molecule has 2 aromatic carbocycles. The van der Waals surface area contributed by atoms with Crippen LogP contribution < -0.4 is 10.2 Å². The maximum absolute atomic E-state index is 13.1. The Balaban J connectivity index is 1.35. The summed E-state index contributed by atoms with van der Waals surface area (Å²) < 4.78 is 0. The monoisotopic (exact) mass is 539 g/mol. The lowest BCUT2D eigenvalue weighted by Crippen LogP contribution is -2.48. The van der Waals surface area contributed by atoms with Crippen molar-refractivity contribution in [2.75, 3.05) is 36.4 Å². The normalized spacial score (nSPS) is 13.8. The minimum atomic E-state index is -0.187. The van der Waals surface area contributed by atoms with Gasteiger partial charge in [-0.1, -0.05) is 43.6 Å². The van der Waals surface area contributed by atoms with E-state index in [1.165, 1.54) is 16.9 Å². The maximum atomic E-state index is 13.1. The first-order valence-corrected chi connectivity index (χ1v) is 13.9. The zero-order valence-electron chi connectivity index (χ0n) is 21.8. The molecule has 3 amide bonds. The van der Waals surface area contributed by atoms with Crippen molar-refractivity contribution in [3.05, 3.63) is 75.2 Å². The molecule has 1 aromatic heterocycles. The van der Waals surface area contributed by atoms with E-state index < -0.39 is 0 Å². The molecule has 0 atom stereocenters. The molecule has 9 heteroatoms. The van der Waals surface area contributed by atoms with Gasteiger partial charge in [0.25, 0.3) is 5.91 Å². The van der Waals surface area contributed by atoms with E-state index in [2.05, 4.69) is 29.0 Å². The van der Waals surface area contributed by atoms with Crippen molar-refractivity contribution < 1.29 is 9.59 Å². The summed E-state index contributed by atoms with van der Waals surface area (Å²) in [5.74, 6) is 0.365. The summed E-state index contributed by atoms with van der Waals surface area (Å²) in [7, 11) is 0. The Morgan fingerprint density at radius 1 is 1.05 bits per heavy atom. The molecule has 37 heavy (non-hydrogen) atoms. The Morgan fingerprint density at radius 2 is 1.76 bits per heavy atom. The second-order valence-electron chi connectivity index (χ2n) is 9.81. The fraction of sp³-hybridized carbons (Fsp3) is 0.393. The van der Waals surface area contributed by atoms with Crippen molar-refractivity contribution in [1.82, 2.24) is 14.8 Å². The minimum Gasteiger partial charge on any atom is -0.368 e. The number of rotatable bonds is 7. The third-order valence-corrected chi connectivity index (χ3v) is 7.60. The molecule has 0 radical (unpaired) electrons. The molecule has 1 aliphatic rings. The third-order valence-electron chi connectivity index (χ3n) is 6.53. The van der Waals surface area contributed by atoms with Gasteiger partial charge in [-0.2, -0.15) is 0 Å². The van der Waals surface area contributed by atoms with E-state index in [9.17, 15) is 9.59 Å². The molecule has 4 rings (SSSR count). The number of amides is 3. The Morgan fingerprint density at radius 3 is 2.38 bits per heavy atom. The second-order valence-corrected chi connectivity index (χ2v) is 11.2. The smallest absolute Gasteiger partial charge is 0.322 e. The number of nitrogens with one attached hydrogen (secondary N) is 1. The molecule has 1 N–H and O–H groups in total. The number of hydrogen-bond acceptors (Lipinski definition) is 5. The van der Waals surface area contributed by atoms with E-state index in [1.807, 2.05) is 67.3 Å². The van der Waals surface area contributed by atoms with Crippen LogP contribution in [0.5, 0.6) is 0 Å². The number of urea groups is 1. The summed E-state index contributed by atoms with van der Waals surface area (Å²) in [6.45, 7) is 11.3. The molecule has 1 fully saturated rings. The molecule has 196 valence electrons. The van der Waals surface area contributed by atoms with Gasteiger partial charge in [0.05, 0.1) is 6.54 Å². The van der Waals surface area contributed by atoms with E-state index in [1.54, 1.807) is 10.3 Å². The molecular formula is C28H34ClN5O2S. The quantitative estimate of drug-likeness (QED) is 0.381. The molecule has 3 aromatic rings. The number of carbonyl (C=O) groups excluding carboxylic acids is 2. The highest BCUT2D eigenvalue weighted by Crippen LogP contribution is 2.23. The van der Waals surface area contributed by atoms with Gasteiger partial charge in [-0.15, -0.1) is 11.3 Å². The first-order valence-electron chi connectivity index (χ1n) is 12.6. The number of carbonyl (C=O) groups is 2. The summed E-state index contributed by atoms with van der Waals surface area (Å²) in [4.78, 5) is 36.6. The van der Waals surface area contributed by atoms with Gasteiger partial charge in [0.1, 0.15) is 10.7 Å². The van der Waals surface area contributed by atoms with Gasteiger partial charge in [-0.3, -0.25) is 4.79 Å². The molecule has 0 saturated carbocycles. The topological polar surface area (TPSA) is 68.8 Å². The van der Waals surface area contributed by atoms with Gasteiger partial charge in [-0.25, -0.2) is 9.78 Å². The van der Waals surface area contributed by atoms with Crippen molar-refractivity contribution >= 4 is 46.3 Å². The van der Waals surface area contributed by atoms with Crippen LogP contribution in [0.15, 0.2) is 53.9 Å². The number of anilines is 2. The number of halogens is 1. The van der Waals surface area contributed by atoms with E-state index in [0.29, 0.717) is 36.3 Å². The lowest BCUT2D eigenvalue weighted by molar-refractivity contribution is 0.0741. The van der Waals surface area contributed by atoms with Crippen LogP contribution in [-0.4, -0.2) is 58.9 Å². The second kappa shape index (κ2) is 12.0. The fourth-order valence-corrected chi connectivity index (χ4v) is 5.22. The van der Waals surface area contributed by atoms with Gasteiger partial charge in [-0.05, 0) is 55.7 Å². The van der Waals surface area contributed by atoms with Gasteiger partial charge < -0.3 is 20.0 Å². The maximum Gasteiger partial charge on any atom is 0.322 e. The Labute approximate surface area is 228 Å². The molecule has 0 spiro atoms. The molecule has 0 bridgehead atoms. The van der Waals surface area contributed by atoms with Crippen LogP contribution in [-0.2, 0) is 6.54 Å². The predicted octanol–water partition coefficient (Wildman–Crippen LogP) is 6.32. The number of hydrogen-bond donors (Lipinski definition) is 1. The van der Waals surface area contributed by atoms with Gasteiger partial charge in [0.2, 0.25) is 0 Å². The minimum absolute atomic E-state index is 0.0300.